The van der Waals surface area contributed by atoms with Gasteiger partial charge in [0.05, 0.1) is 0 Å². The zero-order valence-corrected chi connectivity index (χ0v) is 12.0. The molecule has 3 heterocycles. The number of hydrogen-bond acceptors (Lipinski definition) is 2. The zero-order chi connectivity index (χ0) is 13.9. The lowest BCUT2D eigenvalue weighted by atomic mass is 9.84. The molecule has 20 heavy (non-hydrogen) atoms. The fourth-order valence-corrected chi connectivity index (χ4v) is 3.30. The first-order chi connectivity index (χ1) is 9.72. The molecule has 4 rings (SSSR count). The predicted molar refractivity (Wildman–Crippen MR) is 81.3 cm³/mol. The van der Waals surface area contributed by atoms with Gasteiger partial charge in [0.15, 0.2) is 0 Å². The van der Waals surface area contributed by atoms with Crippen molar-refractivity contribution in [1.29, 1.82) is 0 Å². The van der Waals surface area contributed by atoms with Crippen LogP contribution in [0.4, 0.5) is 0 Å². The Balaban J connectivity index is 1.59. The summed E-state index contributed by atoms with van der Waals surface area (Å²) in [5, 5.41) is 3.17. The first kappa shape index (κ1) is 13.4. The molecule has 0 spiro atoms. The number of hydrogen-bond donors (Lipinski definition) is 1. The van der Waals surface area contributed by atoms with E-state index in [1.165, 1.54) is 31.5 Å². The van der Waals surface area contributed by atoms with Gasteiger partial charge in [0.2, 0.25) is 5.91 Å². The minimum absolute atomic E-state index is 0.0343. The topological polar surface area (TPSA) is 32.3 Å². The lowest BCUT2D eigenvalue weighted by molar-refractivity contribution is -0.118. The number of fused-ring (bicyclic) bond motifs is 3. The summed E-state index contributed by atoms with van der Waals surface area (Å²) < 4.78 is 0. The van der Waals surface area contributed by atoms with E-state index in [1.807, 2.05) is 24.3 Å². The molecule has 3 aliphatic rings. The van der Waals surface area contributed by atoms with E-state index in [-0.39, 0.29) is 5.91 Å². The van der Waals surface area contributed by atoms with Gasteiger partial charge in [-0.1, -0.05) is 24.3 Å². The van der Waals surface area contributed by atoms with Gasteiger partial charge in [0.25, 0.3) is 0 Å². The molecule has 3 fully saturated rings. The van der Waals surface area contributed by atoms with E-state index in [4.69, 9.17) is 0 Å². The van der Waals surface area contributed by atoms with Crippen LogP contribution in [0, 0.1) is 12.8 Å². The normalized spacial score (nSPS) is 28.8. The average molecular weight is 270 g/mol. The van der Waals surface area contributed by atoms with Gasteiger partial charge in [-0.05, 0) is 56.0 Å². The monoisotopic (exact) mass is 270 g/mol. The third-order valence-corrected chi connectivity index (χ3v) is 4.59. The molecular formula is C17H22N2O. The number of amides is 1. The molecular weight excluding hydrogens is 248 g/mol. The van der Waals surface area contributed by atoms with Crippen LogP contribution in [-0.2, 0) is 4.79 Å². The van der Waals surface area contributed by atoms with Crippen molar-refractivity contribution in [3.63, 3.8) is 0 Å². The number of nitrogens with zero attached hydrogens (tertiary/aromatic N) is 1. The summed E-state index contributed by atoms with van der Waals surface area (Å²) in [6.45, 7) is 5.49. The summed E-state index contributed by atoms with van der Waals surface area (Å²) in [5.41, 5.74) is 2.30. The van der Waals surface area contributed by atoms with Crippen molar-refractivity contribution >= 4 is 12.0 Å². The summed E-state index contributed by atoms with van der Waals surface area (Å²) in [5.74, 6) is 0.711. The van der Waals surface area contributed by atoms with Crippen molar-refractivity contribution in [2.24, 2.45) is 5.92 Å². The summed E-state index contributed by atoms with van der Waals surface area (Å²) in [6.07, 6.45) is 6.03. The standard InChI is InChI=1S/C17H22N2O/c1-13-4-2-3-5-14(13)6-7-17(20)18-16-12-19-10-8-15(16)9-11-19/h2-7,15-16H,8-12H2,1H3,(H,18,20)/t16-/m0/s1. The van der Waals surface area contributed by atoms with Crippen molar-refractivity contribution < 1.29 is 4.79 Å². The van der Waals surface area contributed by atoms with E-state index in [0.717, 1.165) is 12.1 Å². The van der Waals surface area contributed by atoms with E-state index in [1.54, 1.807) is 6.08 Å². The second-order valence-corrected chi connectivity index (χ2v) is 5.94. The summed E-state index contributed by atoms with van der Waals surface area (Å²) in [7, 11) is 0. The van der Waals surface area contributed by atoms with Crippen LogP contribution in [0.2, 0.25) is 0 Å². The first-order valence-corrected chi connectivity index (χ1v) is 7.49. The number of benzene rings is 1. The maximum Gasteiger partial charge on any atom is 0.244 e. The smallest absolute Gasteiger partial charge is 0.244 e. The van der Waals surface area contributed by atoms with Crippen molar-refractivity contribution in [3.8, 4) is 0 Å². The van der Waals surface area contributed by atoms with Gasteiger partial charge in [0.1, 0.15) is 0 Å². The lowest BCUT2D eigenvalue weighted by Crippen LogP contribution is -2.57. The van der Waals surface area contributed by atoms with Crippen molar-refractivity contribution in [1.82, 2.24) is 10.2 Å². The van der Waals surface area contributed by atoms with Gasteiger partial charge in [-0.2, -0.15) is 0 Å². The Kier molecular flexibility index (Phi) is 3.88. The molecule has 2 bridgehead atoms. The second kappa shape index (κ2) is 5.80. The van der Waals surface area contributed by atoms with Crippen molar-refractivity contribution in [2.75, 3.05) is 19.6 Å². The second-order valence-electron chi connectivity index (χ2n) is 5.94. The van der Waals surface area contributed by atoms with Gasteiger partial charge >= 0.3 is 0 Å². The largest absolute Gasteiger partial charge is 0.348 e. The molecule has 1 aromatic carbocycles. The summed E-state index contributed by atoms with van der Waals surface area (Å²) in [4.78, 5) is 14.5. The Morgan fingerprint density at radius 2 is 2.05 bits per heavy atom. The van der Waals surface area contributed by atoms with Crippen LogP contribution in [0.3, 0.4) is 0 Å². The molecule has 0 radical (unpaired) electrons. The highest BCUT2D eigenvalue weighted by atomic mass is 16.1. The minimum atomic E-state index is 0.0343. The van der Waals surface area contributed by atoms with Crippen LogP contribution in [0.15, 0.2) is 30.3 Å². The number of carbonyl (C=O) groups excluding carboxylic acids is 1. The van der Waals surface area contributed by atoms with Crippen molar-refractivity contribution in [3.05, 3.63) is 41.5 Å². The van der Waals surface area contributed by atoms with Gasteiger partial charge in [-0.15, -0.1) is 0 Å². The Morgan fingerprint density at radius 3 is 2.70 bits per heavy atom. The molecule has 1 atom stereocenters. The number of piperidine rings is 3. The summed E-state index contributed by atoms with van der Waals surface area (Å²) >= 11 is 0. The van der Waals surface area contributed by atoms with Crippen LogP contribution in [0.25, 0.3) is 6.08 Å². The number of aryl methyl sites for hydroxylation is 1. The molecule has 3 nitrogen and oxygen atoms in total. The fourth-order valence-electron chi connectivity index (χ4n) is 3.30. The molecule has 106 valence electrons. The Hall–Kier alpha value is -1.61. The maximum atomic E-state index is 12.1. The van der Waals surface area contributed by atoms with E-state index in [9.17, 15) is 4.79 Å². The molecule has 1 amide bonds. The quantitative estimate of drug-likeness (QED) is 0.854. The molecule has 1 aromatic rings. The third-order valence-electron chi connectivity index (χ3n) is 4.59. The van der Waals surface area contributed by atoms with E-state index in [2.05, 4.69) is 23.2 Å². The minimum Gasteiger partial charge on any atom is -0.348 e. The molecule has 0 saturated carbocycles. The van der Waals surface area contributed by atoms with Crippen molar-refractivity contribution in [2.45, 2.75) is 25.8 Å². The molecule has 3 heteroatoms. The highest BCUT2D eigenvalue weighted by Gasteiger charge is 2.34. The predicted octanol–water partition coefficient (Wildman–Crippen LogP) is 2.22. The van der Waals surface area contributed by atoms with Crippen LogP contribution in [0.1, 0.15) is 24.0 Å². The molecule has 0 unspecified atom stereocenters. The highest BCUT2D eigenvalue weighted by Crippen LogP contribution is 2.27. The average Bonchev–Trinajstić information content (AvgIpc) is 2.48. The molecule has 0 aliphatic carbocycles. The van der Waals surface area contributed by atoms with Crippen LogP contribution in [0.5, 0.6) is 0 Å². The van der Waals surface area contributed by atoms with Crippen LogP contribution in [-0.4, -0.2) is 36.5 Å². The van der Waals surface area contributed by atoms with Gasteiger partial charge in [-0.25, -0.2) is 0 Å². The SMILES string of the molecule is Cc1ccccc1C=CC(=O)N[C@H]1CN2CCC1CC2. The van der Waals surface area contributed by atoms with Crippen LogP contribution < -0.4 is 5.32 Å². The Morgan fingerprint density at radius 1 is 1.30 bits per heavy atom. The van der Waals surface area contributed by atoms with Crippen LogP contribution >= 0.6 is 0 Å². The van der Waals surface area contributed by atoms with E-state index < -0.39 is 0 Å². The Bertz CT molecular complexity index is 515. The lowest BCUT2D eigenvalue weighted by Gasteiger charge is -2.44. The maximum absolute atomic E-state index is 12.1. The Labute approximate surface area is 120 Å². The van der Waals surface area contributed by atoms with Gasteiger partial charge < -0.3 is 10.2 Å². The summed E-state index contributed by atoms with van der Waals surface area (Å²) in [6, 6.07) is 8.45. The van der Waals surface area contributed by atoms with Gasteiger partial charge in [0, 0.05) is 18.7 Å². The first-order valence-electron chi connectivity index (χ1n) is 7.49. The number of nitrogens with one attached hydrogen (secondary N) is 1. The van der Waals surface area contributed by atoms with E-state index >= 15 is 0 Å². The number of rotatable bonds is 3. The molecule has 3 saturated heterocycles. The molecule has 1 N–H and O–H groups in total. The zero-order valence-electron chi connectivity index (χ0n) is 12.0. The van der Waals surface area contributed by atoms with E-state index in [0.29, 0.717) is 12.0 Å². The fraction of sp³-hybridized carbons (Fsp3) is 0.471. The third kappa shape index (κ3) is 2.93. The van der Waals surface area contributed by atoms with Gasteiger partial charge in [-0.3, -0.25) is 4.79 Å². The number of carbonyl (C=O) groups is 1. The molecule has 3 aliphatic heterocycles. The highest BCUT2D eigenvalue weighted by molar-refractivity contribution is 5.92. The molecule has 0 aromatic heterocycles.